The number of nitrogens with two attached hydrogens (primary N) is 1. The van der Waals surface area contributed by atoms with Gasteiger partial charge in [-0.25, -0.2) is 9.59 Å². The second-order valence-corrected chi connectivity index (χ2v) is 23.5. The summed E-state index contributed by atoms with van der Waals surface area (Å²) in [5.41, 5.74) is 5.22. The molecule has 0 aromatic heterocycles. The monoisotopic (exact) mass is 1290 g/mol. The van der Waals surface area contributed by atoms with Gasteiger partial charge in [0.2, 0.25) is 47.3 Å². The van der Waals surface area contributed by atoms with Gasteiger partial charge in [-0.1, -0.05) is 77.8 Å². The number of nitrogens with one attached hydrogen (secondary N) is 6. The first-order valence-electron chi connectivity index (χ1n) is 29.9. The van der Waals surface area contributed by atoms with Crippen LogP contribution in [0.3, 0.4) is 0 Å². The third-order valence-corrected chi connectivity index (χ3v) is 15.6. The average Bonchev–Trinajstić information content (AvgIpc) is 1.58. The summed E-state index contributed by atoms with van der Waals surface area (Å²) in [6, 6.07) is -7.27. The van der Waals surface area contributed by atoms with Crippen LogP contribution in [0.1, 0.15) is 129 Å². The molecule has 0 bridgehead atoms. The van der Waals surface area contributed by atoms with Crippen molar-refractivity contribution in [2.75, 3.05) is 40.3 Å². The molecule has 0 aliphatic carbocycles. The number of carbonyl (C=O) groups excluding carboxylic acids is 9. The molecule has 17 N–H and O–H groups in total. The molecular formula is C57H91F3N10O20. The number of primary amides is 1. The van der Waals surface area contributed by atoms with Crippen molar-refractivity contribution >= 4 is 59.3 Å². The van der Waals surface area contributed by atoms with Crippen LogP contribution in [-0.4, -0.2) is 246 Å². The molecule has 2 unspecified atom stereocenters. The van der Waals surface area contributed by atoms with Crippen molar-refractivity contribution in [3.63, 3.8) is 0 Å². The lowest BCUT2D eigenvalue weighted by Gasteiger charge is -2.34. The number of fused-ring (bicyclic) bond motifs is 2. The molecule has 1 aromatic rings. The molecule has 90 heavy (non-hydrogen) atoms. The number of aliphatic carboxylic acids is 1. The first kappa shape index (κ1) is 77.4. The van der Waals surface area contributed by atoms with Gasteiger partial charge in [0.15, 0.2) is 6.23 Å². The van der Waals surface area contributed by atoms with Gasteiger partial charge in [0, 0.05) is 45.4 Å². The third-order valence-electron chi connectivity index (χ3n) is 15.6. The Kier molecular flexibility index (Phi) is 31.7. The van der Waals surface area contributed by atoms with E-state index in [2.05, 4.69) is 52.7 Å². The van der Waals surface area contributed by atoms with E-state index < -0.39 is 183 Å². The van der Waals surface area contributed by atoms with Gasteiger partial charge in [-0.05, 0) is 69.8 Å². The van der Waals surface area contributed by atoms with E-state index in [0.29, 0.717) is 36.1 Å². The van der Waals surface area contributed by atoms with Crippen LogP contribution >= 0.6 is 0 Å². The molecule has 510 valence electrons. The number of carboxylic acid groups (broad SMARTS) is 1. The number of nitrogens with zero attached hydrogens (tertiary/aromatic N) is 3. The number of alkyl halides is 3. The zero-order valence-corrected chi connectivity index (χ0v) is 51.3. The van der Waals surface area contributed by atoms with Crippen LogP contribution in [-0.2, 0) is 43.2 Å². The minimum absolute atomic E-state index is 0.0209. The highest BCUT2D eigenvalue weighted by molar-refractivity contribution is 5.98. The Bertz CT molecular complexity index is 2560. The summed E-state index contributed by atoms with van der Waals surface area (Å²) < 4.78 is 37.0. The molecule has 0 spiro atoms. The first-order valence-corrected chi connectivity index (χ1v) is 29.9. The maximum Gasteiger partial charge on any atom is 0.490 e. The second kappa shape index (κ2) is 36.9. The number of rotatable bonds is 24. The molecule has 16 atom stereocenters. The van der Waals surface area contributed by atoms with Gasteiger partial charge in [-0.15, -0.1) is 0 Å². The molecule has 1 aromatic carbocycles. The maximum absolute atomic E-state index is 14.6. The van der Waals surface area contributed by atoms with Crippen molar-refractivity contribution < 1.29 is 112 Å². The number of ether oxygens (including phenoxy) is 1. The lowest BCUT2D eigenvalue weighted by molar-refractivity contribution is -0.192. The molecule has 4 rings (SSSR count). The van der Waals surface area contributed by atoms with Gasteiger partial charge in [0.25, 0.3) is 0 Å². The Morgan fingerprint density at radius 1 is 0.756 bits per heavy atom. The predicted octanol–water partition coefficient (Wildman–Crippen LogP) is -2.76. The van der Waals surface area contributed by atoms with E-state index in [1.165, 1.54) is 30.7 Å². The van der Waals surface area contributed by atoms with Crippen LogP contribution in [0.2, 0.25) is 0 Å². The zero-order chi connectivity index (χ0) is 67.9. The minimum atomic E-state index is -5.08. The molecule has 0 radical (unpaired) electrons. The number of amides is 9. The first-order chi connectivity index (χ1) is 42.1. The summed E-state index contributed by atoms with van der Waals surface area (Å²) >= 11 is 0. The van der Waals surface area contributed by atoms with Gasteiger partial charge in [-0.3, -0.25) is 38.4 Å². The Morgan fingerprint density at radius 2 is 1.33 bits per heavy atom. The normalized spacial score (nSPS) is 26.1. The number of hydrogen-bond acceptors (Lipinski definition) is 20. The Balaban J connectivity index is 0.00000284. The van der Waals surface area contributed by atoms with Gasteiger partial charge in [0.05, 0.1) is 30.8 Å². The van der Waals surface area contributed by atoms with E-state index in [-0.39, 0.29) is 30.7 Å². The lowest BCUT2D eigenvalue weighted by Crippen LogP contribution is -2.64. The zero-order valence-electron chi connectivity index (χ0n) is 51.3. The summed E-state index contributed by atoms with van der Waals surface area (Å²) in [5.74, 6) is -11.2. The van der Waals surface area contributed by atoms with Crippen molar-refractivity contribution in [2.24, 2.45) is 17.6 Å². The van der Waals surface area contributed by atoms with E-state index in [9.17, 15) is 97.2 Å². The molecule has 0 saturated carbocycles. The number of unbranched alkanes of at least 4 members (excludes halogenated alkanes) is 5. The number of carboxylic acids is 1. The van der Waals surface area contributed by atoms with Crippen molar-refractivity contribution in [1.29, 1.82) is 0 Å². The third kappa shape index (κ3) is 24.7. The molecule has 3 aliphatic rings. The van der Waals surface area contributed by atoms with Crippen LogP contribution < -0.4 is 42.4 Å². The van der Waals surface area contributed by atoms with E-state index >= 15 is 0 Å². The molecule has 3 heterocycles. The van der Waals surface area contributed by atoms with Crippen LogP contribution in [0.5, 0.6) is 5.75 Å². The number of aliphatic hydroxyl groups excluding tert-OH is 8. The fourth-order valence-electron chi connectivity index (χ4n) is 10.4. The summed E-state index contributed by atoms with van der Waals surface area (Å²) in [6.07, 6.45) is -16.4. The fraction of sp³-hybridized carbons (Fsp3) is 0.719. The van der Waals surface area contributed by atoms with Crippen molar-refractivity contribution in [3.8, 4) is 5.75 Å². The van der Waals surface area contributed by atoms with Crippen LogP contribution in [0.25, 0.3) is 0 Å². The highest BCUT2D eigenvalue weighted by Gasteiger charge is 2.49. The summed E-state index contributed by atoms with van der Waals surface area (Å²) in [4.78, 5) is 136. The molecular weight excluding hydrogens is 1200 g/mol. The topological polar surface area (TPSA) is 470 Å². The molecule has 30 nitrogen and oxygen atoms in total. The predicted molar refractivity (Wildman–Crippen MR) is 310 cm³/mol. The number of likely N-dealkylation sites (N-methyl/N-ethyl adjacent to an activating group) is 1. The van der Waals surface area contributed by atoms with Gasteiger partial charge >= 0.3 is 18.2 Å². The molecule has 33 heteroatoms. The Hall–Kier alpha value is -6.85. The van der Waals surface area contributed by atoms with Crippen LogP contribution in [0.15, 0.2) is 24.3 Å². The number of aliphatic hydroxyl groups is 8. The van der Waals surface area contributed by atoms with Crippen molar-refractivity contribution in [2.45, 2.75) is 209 Å². The Morgan fingerprint density at radius 3 is 1.91 bits per heavy atom. The highest BCUT2D eigenvalue weighted by atomic mass is 19.4. The summed E-state index contributed by atoms with van der Waals surface area (Å²) in [5, 5.41) is 111. The standard InChI is InChI=1S/C55H90N10O18.C2HF3O2/c1-7-29(2)24-30(3)14-12-10-8-9-11-13-15-41(72)58-35-26-39(70)50(77)62-52(79)45-37(68)20-22-64(45)54(81)43(38(69)27-40(56)71)60-51(78)44(47(74)46(73)32-16-18-34(19-17-32)83-55(82)57-21-23-63(5)6)61-49(76)36-25-33(67)28-65(36)53(80)42(31(4)66)59-48(35)75;3-2(4,5)1(6)7/h16-19,29-31,33,35-39,42-47,50,66-70,73-74,77H,7-15,20-28H2,1-6H3,(H2,56,71)(H,57,82)(H,58,72)(H,59,75)(H,60,78)(H,61,76)(H,62,79);(H,6,7)/t29?,30?,31-,33+,35-,36-,37-,38-,39+,42-,43-,44-,45-,46-,47-,50+;/m0./s1. The molecule has 3 fully saturated rings. The second-order valence-electron chi connectivity index (χ2n) is 23.5. The number of benzene rings is 1. The van der Waals surface area contributed by atoms with Crippen LogP contribution in [0, 0.1) is 11.8 Å². The van der Waals surface area contributed by atoms with E-state index in [1.807, 2.05) is 4.90 Å². The molecule has 3 aliphatic heterocycles. The van der Waals surface area contributed by atoms with Gasteiger partial charge < -0.3 is 103 Å². The van der Waals surface area contributed by atoms with E-state index in [0.717, 1.165) is 50.3 Å². The largest absolute Gasteiger partial charge is 0.490 e. The molecule has 3 saturated heterocycles. The fourth-order valence-corrected chi connectivity index (χ4v) is 10.4. The maximum atomic E-state index is 14.6. The minimum Gasteiger partial charge on any atom is -0.475 e. The average molecular weight is 1290 g/mol. The van der Waals surface area contributed by atoms with E-state index in [4.69, 9.17) is 20.4 Å². The SMILES string of the molecule is CCC(C)CC(C)CCCCCCCCC(=O)N[C@H]1C[C@@H](O)[C@@H](O)NC(=O)[C@@H]2[C@@H](O)CCN2C(=O)[C@H]([C@@H](O)CC(N)=O)NC(=O)[C@H]([C@H](O)[C@@H](O)c2ccc(OC(=O)NCCN(C)C)cc2)NC(=O)[C@@H]2C[C@@H](O)CN2C(=O)[C@H]([C@H](C)O)NC1=O.O=C(O)C(F)(F)F. The van der Waals surface area contributed by atoms with Crippen molar-refractivity contribution in [1.82, 2.24) is 46.6 Å². The Labute approximate surface area is 518 Å². The van der Waals surface area contributed by atoms with Crippen molar-refractivity contribution in [3.05, 3.63) is 29.8 Å². The number of halogens is 3. The van der Waals surface area contributed by atoms with Gasteiger partial charge in [0.1, 0.15) is 60.3 Å². The number of hydrogen-bond donors (Lipinski definition) is 16. The lowest BCUT2D eigenvalue weighted by atomic mass is 9.91. The number of carbonyl (C=O) groups is 10. The molecule has 9 amide bonds. The summed E-state index contributed by atoms with van der Waals surface area (Å²) in [7, 11) is 3.59. The van der Waals surface area contributed by atoms with E-state index in [1.54, 1.807) is 14.1 Å². The quantitative estimate of drug-likeness (QED) is 0.0466. The van der Waals surface area contributed by atoms with Gasteiger partial charge in [-0.2, -0.15) is 13.2 Å². The smallest absolute Gasteiger partial charge is 0.475 e. The highest BCUT2D eigenvalue weighted by Crippen LogP contribution is 2.27. The summed E-state index contributed by atoms with van der Waals surface area (Å²) in [6.45, 7) is 7.45. The van der Waals surface area contributed by atoms with Crippen LogP contribution in [0.4, 0.5) is 18.0 Å².